The van der Waals surface area contributed by atoms with Crippen molar-refractivity contribution >= 4 is 12.2 Å². The van der Waals surface area contributed by atoms with Gasteiger partial charge in [-0.2, -0.15) is 0 Å². The maximum absolute atomic E-state index is 13.5. The third-order valence-electron chi connectivity index (χ3n) is 10.5. The number of amides is 2. The highest BCUT2D eigenvalue weighted by Gasteiger charge is 2.42. The van der Waals surface area contributed by atoms with Crippen molar-refractivity contribution in [2.45, 2.75) is 125 Å². The minimum atomic E-state index is -0.456. The van der Waals surface area contributed by atoms with Gasteiger partial charge in [0.1, 0.15) is 0 Å². The standard InChI is InChI=1S/C43H60N2O4/c1-9-15-17-19-27-43(28-20-18-16-10-2)37-29-31(7)21-24-35(37)36-26-23-33(30-38(36)43)34-25-22-32(8)39(48-41(46)44(11-3)12-4)40(34)49-42(47)45(13-5)14-6/h21-26,29-30H,9-20,27-28H2,1-8H3. The Morgan fingerprint density at radius 3 is 1.59 bits per heavy atom. The van der Waals surface area contributed by atoms with Crippen LogP contribution < -0.4 is 9.47 Å². The maximum atomic E-state index is 13.5. The van der Waals surface area contributed by atoms with Crippen LogP contribution in [0.2, 0.25) is 0 Å². The van der Waals surface area contributed by atoms with Crippen molar-refractivity contribution in [1.29, 1.82) is 0 Å². The number of ether oxygens (including phenoxy) is 2. The molecular weight excluding hydrogens is 608 g/mol. The van der Waals surface area contributed by atoms with Crippen LogP contribution in [0.1, 0.15) is 128 Å². The Morgan fingerprint density at radius 1 is 0.571 bits per heavy atom. The smallest absolute Gasteiger partial charge is 0.406 e. The molecule has 49 heavy (non-hydrogen) atoms. The van der Waals surface area contributed by atoms with Gasteiger partial charge in [0.05, 0.1) is 0 Å². The van der Waals surface area contributed by atoms with Crippen LogP contribution in [0, 0.1) is 13.8 Å². The summed E-state index contributed by atoms with van der Waals surface area (Å²) in [5, 5.41) is 0. The van der Waals surface area contributed by atoms with E-state index in [9.17, 15) is 9.59 Å². The van der Waals surface area contributed by atoms with Crippen LogP contribution in [-0.4, -0.2) is 48.2 Å². The summed E-state index contributed by atoms with van der Waals surface area (Å²) in [6.07, 6.45) is 11.0. The zero-order valence-corrected chi connectivity index (χ0v) is 31.5. The number of benzene rings is 3. The minimum Gasteiger partial charge on any atom is -0.406 e. The Morgan fingerprint density at radius 2 is 1.06 bits per heavy atom. The second-order valence-corrected chi connectivity index (χ2v) is 13.7. The Labute approximate surface area is 296 Å². The predicted molar refractivity (Wildman–Crippen MR) is 203 cm³/mol. The molecule has 0 saturated heterocycles. The van der Waals surface area contributed by atoms with Crippen molar-refractivity contribution in [2.24, 2.45) is 0 Å². The van der Waals surface area contributed by atoms with Gasteiger partial charge in [0.15, 0.2) is 11.5 Å². The second kappa shape index (κ2) is 17.7. The first kappa shape index (κ1) is 38.0. The Kier molecular flexibility index (Phi) is 13.8. The summed E-state index contributed by atoms with van der Waals surface area (Å²) in [5.41, 5.74) is 9.09. The molecule has 0 heterocycles. The molecule has 0 aromatic heterocycles. The molecule has 3 aromatic rings. The van der Waals surface area contributed by atoms with E-state index in [1.54, 1.807) is 9.80 Å². The quantitative estimate of drug-likeness (QED) is 0.134. The van der Waals surface area contributed by atoms with Crippen molar-refractivity contribution in [3.63, 3.8) is 0 Å². The first-order valence-electron chi connectivity index (χ1n) is 19.0. The fourth-order valence-corrected chi connectivity index (χ4v) is 7.53. The van der Waals surface area contributed by atoms with E-state index in [1.807, 2.05) is 46.8 Å². The minimum absolute atomic E-state index is 0.0883. The summed E-state index contributed by atoms with van der Waals surface area (Å²) in [4.78, 5) is 30.1. The largest absolute Gasteiger partial charge is 0.415 e. The molecule has 6 nitrogen and oxygen atoms in total. The van der Waals surface area contributed by atoms with Gasteiger partial charge in [0, 0.05) is 37.2 Å². The van der Waals surface area contributed by atoms with Gasteiger partial charge in [-0.05, 0) is 93.8 Å². The molecular formula is C43H60N2O4. The van der Waals surface area contributed by atoms with E-state index in [1.165, 1.54) is 79.2 Å². The first-order chi connectivity index (χ1) is 23.7. The zero-order chi connectivity index (χ0) is 35.6. The van der Waals surface area contributed by atoms with E-state index in [2.05, 4.69) is 57.2 Å². The summed E-state index contributed by atoms with van der Waals surface area (Å²) in [5.74, 6) is 0.583. The number of unbranched alkanes of at least 4 members (excludes halogenated alkanes) is 6. The topological polar surface area (TPSA) is 59.1 Å². The molecule has 0 spiro atoms. The lowest BCUT2D eigenvalue weighted by Crippen LogP contribution is -2.34. The van der Waals surface area contributed by atoms with Gasteiger partial charge in [-0.25, -0.2) is 9.59 Å². The number of aryl methyl sites for hydroxylation is 2. The van der Waals surface area contributed by atoms with E-state index in [0.717, 1.165) is 29.5 Å². The molecule has 1 aliphatic carbocycles. The molecule has 0 fully saturated rings. The average molecular weight is 669 g/mol. The maximum Gasteiger partial charge on any atom is 0.415 e. The molecule has 3 aromatic carbocycles. The molecule has 2 amide bonds. The number of fused-ring (bicyclic) bond motifs is 3. The monoisotopic (exact) mass is 668 g/mol. The molecule has 0 unspecified atom stereocenters. The number of rotatable bonds is 17. The third-order valence-corrected chi connectivity index (χ3v) is 10.5. The average Bonchev–Trinajstić information content (AvgIpc) is 3.35. The summed E-state index contributed by atoms with van der Waals surface area (Å²) in [6.45, 7) is 18.4. The number of carbonyl (C=O) groups excluding carboxylic acids is 2. The lowest BCUT2D eigenvalue weighted by atomic mass is 9.70. The lowest BCUT2D eigenvalue weighted by molar-refractivity contribution is 0.146. The molecule has 0 saturated carbocycles. The van der Waals surface area contributed by atoms with E-state index < -0.39 is 12.2 Å². The van der Waals surface area contributed by atoms with Gasteiger partial charge in [0.25, 0.3) is 0 Å². The van der Waals surface area contributed by atoms with Crippen molar-refractivity contribution in [1.82, 2.24) is 9.80 Å². The van der Waals surface area contributed by atoms with E-state index in [4.69, 9.17) is 9.47 Å². The van der Waals surface area contributed by atoms with Crippen molar-refractivity contribution in [3.8, 4) is 33.8 Å². The molecule has 4 rings (SSSR count). The number of hydrogen-bond acceptors (Lipinski definition) is 4. The second-order valence-electron chi connectivity index (χ2n) is 13.7. The Balaban J connectivity index is 1.92. The van der Waals surface area contributed by atoms with Crippen molar-refractivity contribution in [3.05, 3.63) is 70.8 Å². The summed E-state index contributed by atoms with van der Waals surface area (Å²) in [7, 11) is 0. The van der Waals surface area contributed by atoms with Gasteiger partial charge < -0.3 is 19.3 Å². The molecule has 0 radical (unpaired) electrons. The van der Waals surface area contributed by atoms with Gasteiger partial charge in [0.2, 0.25) is 0 Å². The fraction of sp³-hybridized carbons (Fsp3) is 0.535. The van der Waals surface area contributed by atoms with Crippen LogP contribution in [0.5, 0.6) is 11.5 Å². The van der Waals surface area contributed by atoms with Gasteiger partial charge in [-0.3, -0.25) is 0 Å². The summed E-state index contributed by atoms with van der Waals surface area (Å²) >= 11 is 0. The molecule has 0 atom stereocenters. The van der Waals surface area contributed by atoms with E-state index in [0.29, 0.717) is 37.7 Å². The normalized spacial score (nSPS) is 12.7. The van der Waals surface area contributed by atoms with Crippen LogP contribution in [0.4, 0.5) is 9.59 Å². The molecule has 6 heteroatoms. The number of nitrogens with zero attached hydrogens (tertiary/aromatic N) is 2. The van der Waals surface area contributed by atoms with Crippen LogP contribution >= 0.6 is 0 Å². The predicted octanol–water partition coefficient (Wildman–Crippen LogP) is 11.9. The molecule has 266 valence electrons. The molecule has 0 bridgehead atoms. The molecule has 0 aliphatic heterocycles. The van der Waals surface area contributed by atoms with E-state index >= 15 is 0 Å². The lowest BCUT2D eigenvalue weighted by Gasteiger charge is -2.33. The van der Waals surface area contributed by atoms with Crippen LogP contribution in [0.25, 0.3) is 22.3 Å². The fourth-order valence-electron chi connectivity index (χ4n) is 7.53. The highest BCUT2D eigenvalue weighted by atomic mass is 16.6. The van der Waals surface area contributed by atoms with Gasteiger partial charge in [-0.1, -0.05) is 113 Å². The third kappa shape index (κ3) is 8.33. The van der Waals surface area contributed by atoms with Crippen LogP contribution in [-0.2, 0) is 5.41 Å². The summed E-state index contributed by atoms with van der Waals surface area (Å²) < 4.78 is 12.3. The molecule has 0 N–H and O–H groups in total. The van der Waals surface area contributed by atoms with Crippen LogP contribution in [0.3, 0.4) is 0 Å². The Bertz CT molecular complexity index is 1560. The molecule has 1 aliphatic rings. The highest BCUT2D eigenvalue weighted by Crippen LogP contribution is 2.56. The van der Waals surface area contributed by atoms with Gasteiger partial charge in [-0.15, -0.1) is 0 Å². The highest BCUT2D eigenvalue weighted by molar-refractivity contribution is 5.87. The van der Waals surface area contributed by atoms with E-state index in [-0.39, 0.29) is 5.41 Å². The number of hydrogen-bond donors (Lipinski definition) is 0. The SMILES string of the molecule is CCCCCCC1(CCCCCC)c2cc(C)ccc2-c2ccc(-c3ccc(C)c(OC(=O)N(CC)CC)c3OC(=O)N(CC)CC)cc21. The van der Waals surface area contributed by atoms with Crippen molar-refractivity contribution < 1.29 is 19.1 Å². The summed E-state index contributed by atoms with van der Waals surface area (Å²) in [6, 6.07) is 17.7. The zero-order valence-electron chi connectivity index (χ0n) is 31.5. The van der Waals surface area contributed by atoms with Crippen LogP contribution in [0.15, 0.2) is 48.5 Å². The first-order valence-corrected chi connectivity index (χ1v) is 19.0. The van der Waals surface area contributed by atoms with Crippen molar-refractivity contribution in [2.75, 3.05) is 26.2 Å². The van der Waals surface area contributed by atoms with Gasteiger partial charge >= 0.3 is 12.2 Å². The Hall–Kier alpha value is -3.80. The number of carbonyl (C=O) groups is 2.